The molecule has 1 aromatic rings. The van der Waals surface area contributed by atoms with Gasteiger partial charge in [0.2, 0.25) is 11.8 Å². The molecule has 8 nitrogen and oxygen atoms in total. The van der Waals surface area contributed by atoms with Crippen LogP contribution in [0.15, 0.2) is 29.3 Å². The number of hydrogen-bond acceptors (Lipinski definition) is 4. The minimum atomic E-state index is -0.322. The van der Waals surface area contributed by atoms with Crippen LogP contribution in [0.1, 0.15) is 54.4 Å². The van der Waals surface area contributed by atoms with Gasteiger partial charge in [-0.15, -0.1) is 24.0 Å². The number of rotatable bonds is 10. The first-order valence-electron chi connectivity index (χ1n) is 10.5. The van der Waals surface area contributed by atoms with Crippen LogP contribution >= 0.6 is 24.0 Å². The second-order valence-electron chi connectivity index (χ2n) is 8.31. The maximum Gasteiger partial charge on any atom is 0.242 e. The average Bonchev–Trinajstić information content (AvgIpc) is 2.64. The Morgan fingerprint density at radius 2 is 1.68 bits per heavy atom. The number of amides is 2. The van der Waals surface area contributed by atoms with Crippen LogP contribution in [0.3, 0.4) is 0 Å². The van der Waals surface area contributed by atoms with E-state index in [1.807, 2.05) is 65.8 Å². The second-order valence-corrected chi connectivity index (χ2v) is 8.31. The third kappa shape index (κ3) is 14.6. The minimum Gasteiger partial charge on any atom is -0.491 e. The predicted molar refractivity (Wildman–Crippen MR) is 137 cm³/mol. The van der Waals surface area contributed by atoms with Crippen molar-refractivity contribution in [2.75, 3.05) is 25.0 Å². The maximum absolute atomic E-state index is 12.1. The Kier molecular flexibility index (Phi) is 13.9. The molecule has 0 heterocycles. The first-order chi connectivity index (χ1) is 14.1. The van der Waals surface area contributed by atoms with E-state index in [-0.39, 0.29) is 54.0 Å². The minimum absolute atomic E-state index is 0. The quantitative estimate of drug-likeness (QED) is 0.205. The summed E-state index contributed by atoms with van der Waals surface area (Å²) >= 11 is 0. The zero-order valence-corrected chi connectivity index (χ0v) is 21.8. The third-order valence-electron chi connectivity index (χ3n) is 3.60. The number of halogens is 1. The van der Waals surface area contributed by atoms with E-state index in [2.05, 4.69) is 26.3 Å². The van der Waals surface area contributed by atoms with Crippen LogP contribution in [0.2, 0.25) is 0 Å². The summed E-state index contributed by atoms with van der Waals surface area (Å²) < 4.78 is 5.65. The predicted octanol–water partition coefficient (Wildman–Crippen LogP) is 3.28. The van der Waals surface area contributed by atoms with Gasteiger partial charge < -0.3 is 26.0 Å². The van der Waals surface area contributed by atoms with Crippen LogP contribution in [-0.2, 0) is 9.59 Å². The van der Waals surface area contributed by atoms with Crippen molar-refractivity contribution in [3.05, 3.63) is 24.3 Å². The van der Waals surface area contributed by atoms with Crippen LogP contribution in [0, 0.1) is 0 Å². The summed E-state index contributed by atoms with van der Waals surface area (Å²) in [6.07, 6.45) is 1.31. The highest BCUT2D eigenvalue weighted by Crippen LogP contribution is 2.16. The summed E-state index contributed by atoms with van der Waals surface area (Å²) in [6, 6.07) is 7.48. The van der Waals surface area contributed by atoms with E-state index in [9.17, 15) is 9.59 Å². The van der Waals surface area contributed by atoms with E-state index in [1.165, 1.54) is 0 Å². The van der Waals surface area contributed by atoms with E-state index in [1.54, 1.807) is 0 Å². The zero-order valence-electron chi connectivity index (χ0n) is 19.5. The number of aliphatic imine (C=N–C) groups is 1. The molecular formula is C22H38IN5O3. The number of benzene rings is 1. The highest BCUT2D eigenvalue weighted by atomic mass is 127. The van der Waals surface area contributed by atoms with Crippen molar-refractivity contribution in [2.24, 2.45) is 4.99 Å². The Balaban J connectivity index is 0.00000900. The van der Waals surface area contributed by atoms with Crippen LogP contribution in [-0.4, -0.2) is 49.1 Å². The molecule has 2 amide bonds. The van der Waals surface area contributed by atoms with E-state index < -0.39 is 0 Å². The van der Waals surface area contributed by atoms with Crippen molar-refractivity contribution >= 4 is 47.4 Å². The first kappa shape index (κ1) is 29.0. The molecule has 0 saturated carbocycles. The van der Waals surface area contributed by atoms with E-state index in [0.29, 0.717) is 25.5 Å². The van der Waals surface area contributed by atoms with Gasteiger partial charge in [-0.2, -0.15) is 0 Å². The smallest absolute Gasteiger partial charge is 0.242 e. The molecule has 0 saturated heterocycles. The number of hydrogen-bond donors (Lipinski definition) is 4. The molecule has 0 fully saturated rings. The Morgan fingerprint density at radius 3 is 2.23 bits per heavy atom. The lowest BCUT2D eigenvalue weighted by Gasteiger charge is -2.20. The van der Waals surface area contributed by atoms with Crippen LogP contribution in [0.4, 0.5) is 5.69 Å². The fourth-order valence-electron chi connectivity index (χ4n) is 2.42. The number of guanidine groups is 1. The maximum atomic E-state index is 12.1. The summed E-state index contributed by atoms with van der Waals surface area (Å²) in [6.45, 7) is 12.7. The third-order valence-corrected chi connectivity index (χ3v) is 3.60. The fraction of sp³-hybridized carbons (Fsp3) is 0.591. The Morgan fingerprint density at radius 1 is 1.03 bits per heavy atom. The number of anilines is 1. The molecule has 0 aliphatic heterocycles. The molecule has 0 aromatic heterocycles. The number of ether oxygens (including phenoxy) is 1. The van der Waals surface area contributed by atoms with Crippen LogP contribution < -0.4 is 26.0 Å². The molecular weight excluding hydrogens is 509 g/mol. The largest absolute Gasteiger partial charge is 0.491 e. The monoisotopic (exact) mass is 547 g/mol. The topological polar surface area (TPSA) is 104 Å². The lowest BCUT2D eigenvalue weighted by atomic mass is 10.1. The van der Waals surface area contributed by atoms with Gasteiger partial charge in [0.1, 0.15) is 12.3 Å². The van der Waals surface area contributed by atoms with Crippen molar-refractivity contribution < 1.29 is 14.3 Å². The normalized spacial score (nSPS) is 11.4. The standard InChI is InChI=1S/C22H37N5O3.HI/c1-7-13-23-19(28)12-14-24-21(25-15-20(29)27-22(4,5)6)26-17-8-10-18(11-9-17)30-16(2)3;/h8-11,16H,7,12-15H2,1-6H3,(H,23,28)(H,27,29)(H2,24,25,26);1H. The highest BCUT2D eigenvalue weighted by molar-refractivity contribution is 14.0. The fourth-order valence-corrected chi connectivity index (χ4v) is 2.42. The van der Waals surface area contributed by atoms with E-state index in [4.69, 9.17) is 4.74 Å². The van der Waals surface area contributed by atoms with E-state index >= 15 is 0 Å². The molecule has 0 spiro atoms. The zero-order chi connectivity index (χ0) is 22.6. The number of nitrogens with one attached hydrogen (secondary N) is 4. The van der Waals surface area contributed by atoms with E-state index in [0.717, 1.165) is 17.9 Å². The Labute approximate surface area is 203 Å². The molecule has 176 valence electrons. The van der Waals surface area contributed by atoms with Crippen LogP contribution in [0.25, 0.3) is 0 Å². The number of carbonyl (C=O) groups is 2. The molecule has 0 bridgehead atoms. The highest BCUT2D eigenvalue weighted by Gasteiger charge is 2.13. The van der Waals surface area contributed by atoms with Gasteiger partial charge in [0.25, 0.3) is 0 Å². The summed E-state index contributed by atoms with van der Waals surface area (Å²) in [7, 11) is 0. The average molecular weight is 547 g/mol. The molecule has 0 aliphatic rings. The van der Waals surface area contributed by atoms with Gasteiger partial charge in [0.05, 0.1) is 6.10 Å². The molecule has 1 aromatic carbocycles. The van der Waals surface area contributed by atoms with Gasteiger partial charge in [-0.25, -0.2) is 4.99 Å². The van der Waals surface area contributed by atoms with Gasteiger partial charge in [0.15, 0.2) is 5.96 Å². The Hall–Kier alpha value is -2.04. The molecule has 4 N–H and O–H groups in total. The summed E-state index contributed by atoms with van der Waals surface area (Å²) in [5.74, 6) is 1.01. The van der Waals surface area contributed by atoms with Crippen molar-refractivity contribution in [3.63, 3.8) is 0 Å². The van der Waals surface area contributed by atoms with Crippen molar-refractivity contribution in [3.8, 4) is 5.75 Å². The van der Waals surface area contributed by atoms with Gasteiger partial charge in [0, 0.05) is 30.7 Å². The van der Waals surface area contributed by atoms with Crippen molar-refractivity contribution in [1.82, 2.24) is 16.0 Å². The molecule has 0 radical (unpaired) electrons. The number of nitrogens with zero attached hydrogens (tertiary/aromatic N) is 1. The van der Waals surface area contributed by atoms with Crippen molar-refractivity contribution in [2.45, 2.75) is 66.0 Å². The molecule has 0 atom stereocenters. The lowest BCUT2D eigenvalue weighted by molar-refractivity contribution is -0.121. The summed E-state index contributed by atoms with van der Waals surface area (Å²) in [5, 5.41) is 12.0. The van der Waals surface area contributed by atoms with Crippen LogP contribution in [0.5, 0.6) is 5.75 Å². The molecule has 0 aliphatic carbocycles. The van der Waals surface area contributed by atoms with Gasteiger partial charge >= 0.3 is 0 Å². The van der Waals surface area contributed by atoms with Gasteiger partial charge in [-0.3, -0.25) is 9.59 Å². The lowest BCUT2D eigenvalue weighted by Crippen LogP contribution is -2.42. The summed E-state index contributed by atoms with van der Waals surface area (Å²) in [5.41, 5.74) is 0.473. The molecule has 0 unspecified atom stereocenters. The van der Waals surface area contributed by atoms with Gasteiger partial charge in [-0.05, 0) is 65.3 Å². The molecule has 9 heteroatoms. The SMILES string of the molecule is CCCNC(=O)CCNC(=NCC(=O)NC(C)(C)C)Nc1ccc(OC(C)C)cc1.I. The first-order valence-corrected chi connectivity index (χ1v) is 10.5. The van der Waals surface area contributed by atoms with Crippen molar-refractivity contribution in [1.29, 1.82) is 0 Å². The Bertz CT molecular complexity index is 700. The van der Waals surface area contributed by atoms with Gasteiger partial charge in [-0.1, -0.05) is 6.92 Å². The molecule has 31 heavy (non-hydrogen) atoms. The second kappa shape index (κ2) is 14.9. The summed E-state index contributed by atoms with van der Waals surface area (Å²) in [4.78, 5) is 28.3. The molecule has 1 rings (SSSR count). The number of carbonyl (C=O) groups excluding carboxylic acids is 2.